The van der Waals surface area contributed by atoms with Crippen LogP contribution in [0.2, 0.25) is 0 Å². The molecule has 0 unspecified atom stereocenters. The molecule has 4 fully saturated rings. The Morgan fingerprint density at radius 2 is 1.97 bits per heavy atom. The Hall–Kier alpha value is -1.53. The van der Waals surface area contributed by atoms with E-state index in [0.29, 0.717) is 23.2 Å². The van der Waals surface area contributed by atoms with Crippen LogP contribution in [0.3, 0.4) is 0 Å². The molecule has 158 valence electrons. The molecule has 1 aromatic carbocycles. The minimum absolute atomic E-state index is 0.112. The highest BCUT2D eigenvalue weighted by atomic mass is 16.7. The van der Waals surface area contributed by atoms with Gasteiger partial charge in [0.15, 0.2) is 0 Å². The van der Waals surface area contributed by atoms with Gasteiger partial charge >= 0.3 is 13.2 Å². The van der Waals surface area contributed by atoms with Gasteiger partial charge in [-0.05, 0) is 54.9 Å². The lowest BCUT2D eigenvalue weighted by Gasteiger charge is -2.64. The molecular formula is C23H34BNO4. The minimum atomic E-state index is -0.424. The van der Waals surface area contributed by atoms with Crippen molar-refractivity contribution in [2.24, 2.45) is 23.2 Å². The van der Waals surface area contributed by atoms with Crippen LogP contribution in [0.4, 0.5) is 4.79 Å². The van der Waals surface area contributed by atoms with Crippen molar-refractivity contribution < 1.29 is 18.8 Å². The van der Waals surface area contributed by atoms with Gasteiger partial charge in [-0.2, -0.15) is 0 Å². The quantitative estimate of drug-likeness (QED) is 0.711. The van der Waals surface area contributed by atoms with Gasteiger partial charge in [-0.15, -0.1) is 0 Å². The highest BCUT2D eigenvalue weighted by Crippen LogP contribution is 2.65. The van der Waals surface area contributed by atoms with E-state index in [-0.39, 0.29) is 24.3 Å². The summed E-state index contributed by atoms with van der Waals surface area (Å²) in [5.41, 5.74) is 1.00. The predicted octanol–water partition coefficient (Wildman–Crippen LogP) is 4.60. The van der Waals surface area contributed by atoms with E-state index in [1.807, 2.05) is 30.3 Å². The molecule has 0 aromatic heterocycles. The number of benzene rings is 1. The van der Waals surface area contributed by atoms with Gasteiger partial charge in [-0.25, -0.2) is 4.79 Å². The lowest BCUT2D eigenvalue weighted by Crippen LogP contribution is -2.65. The van der Waals surface area contributed by atoms with E-state index in [2.05, 4.69) is 39.9 Å². The second-order valence-electron chi connectivity index (χ2n) is 10.3. The van der Waals surface area contributed by atoms with Crippen LogP contribution in [0.1, 0.15) is 59.4 Å². The molecule has 1 heterocycles. The van der Waals surface area contributed by atoms with E-state index < -0.39 is 13.2 Å². The summed E-state index contributed by atoms with van der Waals surface area (Å²) in [6, 6.07) is 9.71. The standard InChI is InChI=1S/C23H34BNO4/c1-15(2)11-20(25-21(26)27-14-16-9-7-6-8-10-16)24-28-19-13-17-12-18(22(17,3)4)23(19,5)29-24/h6-10,15,17-20H,11-14H2,1-5H3,(H,25,26)/t17-,18-,19+,20-,23-/m0/s1. The van der Waals surface area contributed by atoms with Gasteiger partial charge in [0.05, 0.1) is 17.6 Å². The van der Waals surface area contributed by atoms with E-state index in [4.69, 9.17) is 14.0 Å². The molecule has 2 bridgehead atoms. The fourth-order valence-corrected chi connectivity index (χ4v) is 5.73. The largest absolute Gasteiger partial charge is 0.481 e. The molecule has 29 heavy (non-hydrogen) atoms. The van der Waals surface area contributed by atoms with E-state index in [1.165, 1.54) is 6.42 Å². The molecule has 0 spiro atoms. The third-order valence-electron chi connectivity index (χ3n) is 7.54. The van der Waals surface area contributed by atoms with Gasteiger partial charge in [0.1, 0.15) is 6.61 Å². The van der Waals surface area contributed by atoms with Crippen molar-refractivity contribution in [2.75, 3.05) is 0 Å². The first-order chi connectivity index (χ1) is 13.7. The number of amides is 1. The highest BCUT2D eigenvalue weighted by molar-refractivity contribution is 6.47. The number of nitrogens with one attached hydrogen (secondary N) is 1. The summed E-state index contributed by atoms with van der Waals surface area (Å²) in [6.45, 7) is 11.5. The summed E-state index contributed by atoms with van der Waals surface area (Å²) in [5, 5.41) is 3.03. The Balaban J connectivity index is 1.40. The fourth-order valence-electron chi connectivity index (χ4n) is 5.73. The molecule has 1 saturated heterocycles. The van der Waals surface area contributed by atoms with E-state index in [0.717, 1.165) is 18.4 Å². The van der Waals surface area contributed by atoms with Crippen LogP contribution in [0.5, 0.6) is 0 Å². The molecule has 1 aliphatic heterocycles. The Morgan fingerprint density at radius 1 is 1.24 bits per heavy atom. The van der Waals surface area contributed by atoms with Crippen molar-refractivity contribution in [3.63, 3.8) is 0 Å². The SMILES string of the molecule is CC(C)C[C@H](NC(=O)OCc1ccccc1)B1O[C@@H]2C[C@@H]3C[C@@H](C3(C)C)[C@]2(C)O1. The van der Waals surface area contributed by atoms with Crippen LogP contribution < -0.4 is 5.32 Å². The first-order valence-electron chi connectivity index (χ1n) is 11.0. The normalized spacial score (nSPS) is 33.0. The van der Waals surface area contributed by atoms with Crippen LogP contribution in [-0.2, 0) is 20.7 Å². The van der Waals surface area contributed by atoms with E-state index in [1.54, 1.807) is 0 Å². The van der Waals surface area contributed by atoms with Crippen LogP contribution in [0.15, 0.2) is 30.3 Å². The second kappa shape index (κ2) is 7.62. The fraction of sp³-hybridized carbons (Fsp3) is 0.696. The van der Waals surface area contributed by atoms with Crippen molar-refractivity contribution in [3.05, 3.63) is 35.9 Å². The Bertz CT molecular complexity index is 740. The van der Waals surface area contributed by atoms with Crippen LogP contribution in [0.25, 0.3) is 0 Å². The molecule has 0 radical (unpaired) electrons. The van der Waals surface area contributed by atoms with Crippen molar-refractivity contribution in [3.8, 4) is 0 Å². The van der Waals surface area contributed by atoms with E-state index in [9.17, 15) is 4.79 Å². The van der Waals surface area contributed by atoms with Gasteiger partial charge < -0.3 is 19.4 Å². The number of hydrogen-bond donors (Lipinski definition) is 1. The molecule has 1 aromatic rings. The molecule has 3 saturated carbocycles. The zero-order chi connectivity index (χ0) is 20.8. The lowest BCUT2D eigenvalue weighted by molar-refractivity contribution is -0.199. The molecular weight excluding hydrogens is 365 g/mol. The monoisotopic (exact) mass is 399 g/mol. The average molecular weight is 399 g/mol. The van der Waals surface area contributed by atoms with Gasteiger partial charge in [-0.1, -0.05) is 58.0 Å². The van der Waals surface area contributed by atoms with E-state index >= 15 is 0 Å². The van der Waals surface area contributed by atoms with Crippen LogP contribution >= 0.6 is 0 Å². The summed E-state index contributed by atoms with van der Waals surface area (Å²) < 4.78 is 18.4. The van der Waals surface area contributed by atoms with Crippen molar-refractivity contribution >= 4 is 13.2 Å². The van der Waals surface area contributed by atoms with Gasteiger partial charge in [0.2, 0.25) is 0 Å². The summed E-state index contributed by atoms with van der Waals surface area (Å²) in [6.07, 6.45) is 2.74. The Labute approximate surface area is 175 Å². The molecule has 4 aliphatic rings. The average Bonchev–Trinajstić information content (AvgIpc) is 3.03. The zero-order valence-corrected chi connectivity index (χ0v) is 18.3. The maximum absolute atomic E-state index is 12.5. The summed E-state index contributed by atoms with van der Waals surface area (Å²) >= 11 is 0. The topological polar surface area (TPSA) is 56.8 Å². The third kappa shape index (κ3) is 3.82. The summed E-state index contributed by atoms with van der Waals surface area (Å²) in [5.74, 6) is 1.40. The first-order valence-corrected chi connectivity index (χ1v) is 11.0. The van der Waals surface area contributed by atoms with Gasteiger partial charge in [0.25, 0.3) is 0 Å². The zero-order valence-electron chi connectivity index (χ0n) is 18.3. The van der Waals surface area contributed by atoms with Crippen molar-refractivity contribution in [2.45, 2.75) is 78.1 Å². The molecule has 6 heteroatoms. The second-order valence-corrected chi connectivity index (χ2v) is 10.3. The number of alkyl carbamates (subject to hydrolysis) is 1. The number of carbonyl (C=O) groups is 1. The highest BCUT2D eigenvalue weighted by Gasteiger charge is 2.68. The van der Waals surface area contributed by atoms with Gasteiger partial charge in [0, 0.05) is 0 Å². The maximum Gasteiger partial charge on any atom is 0.481 e. The molecule has 5 nitrogen and oxygen atoms in total. The smallest absolute Gasteiger partial charge is 0.445 e. The molecule has 1 N–H and O–H groups in total. The van der Waals surface area contributed by atoms with Crippen LogP contribution in [0, 0.1) is 23.2 Å². The minimum Gasteiger partial charge on any atom is -0.445 e. The third-order valence-corrected chi connectivity index (χ3v) is 7.54. The summed E-state index contributed by atoms with van der Waals surface area (Å²) in [7, 11) is -0.424. The Morgan fingerprint density at radius 3 is 2.62 bits per heavy atom. The molecule has 3 aliphatic carbocycles. The van der Waals surface area contributed by atoms with Crippen LogP contribution in [-0.4, -0.2) is 30.9 Å². The molecule has 1 amide bonds. The predicted molar refractivity (Wildman–Crippen MR) is 113 cm³/mol. The first kappa shape index (κ1) is 20.7. The lowest BCUT2D eigenvalue weighted by atomic mass is 9.43. The number of rotatable bonds is 6. The maximum atomic E-state index is 12.5. The number of hydrogen-bond acceptors (Lipinski definition) is 4. The Kier molecular flexibility index (Phi) is 5.45. The number of ether oxygens (including phenoxy) is 1. The molecule has 5 atom stereocenters. The van der Waals surface area contributed by atoms with Gasteiger partial charge in [-0.3, -0.25) is 0 Å². The number of carbonyl (C=O) groups excluding carboxylic acids is 1. The van der Waals surface area contributed by atoms with Crippen molar-refractivity contribution in [1.29, 1.82) is 0 Å². The molecule has 5 rings (SSSR count). The summed E-state index contributed by atoms with van der Waals surface area (Å²) in [4.78, 5) is 12.5. The van der Waals surface area contributed by atoms with Crippen molar-refractivity contribution in [1.82, 2.24) is 5.32 Å².